The Kier molecular flexibility index (Phi) is 16.2. The normalized spacial score (nSPS) is 12.4. The van der Waals surface area contributed by atoms with Crippen LogP contribution in [0.15, 0.2) is 48.6 Å². The number of carboxylic acids is 1. The van der Waals surface area contributed by atoms with E-state index in [-0.39, 0.29) is 0 Å². The highest BCUT2D eigenvalue weighted by atomic mass is 16.4. The molecule has 0 unspecified atom stereocenters. The molecule has 0 aromatic carbocycles. The minimum Gasteiger partial charge on any atom is -0.481 e. The van der Waals surface area contributed by atoms with Gasteiger partial charge in [-0.3, -0.25) is 4.79 Å². The number of allylic oxidation sites excluding steroid dienone is 8. The molecule has 0 amide bonds. The van der Waals surface area contributed by atoms with Crippen LogP contribution in [0.4, 0.5) is 0 Å². The van der Waals surface area contributed by atoms with Crippen LogP contribution in [0.2, 0.25) is 0 Å². The molecule has 1 N–H and O–H groups in total. The Morgan fingerprint density at radius 2 is 1.23 bits per heavy atom. The van der Waals surface area contributed by atoms with E-state index in [0.717, 1.165) is 57.8 Å². The first-order valence-electron chi connectivity index (χ1n) is 8.59. The van der Waals surface area contributed by atoms with E-state index in [4.69, 9.17) is 5.11 Å². The summed E-state index contributed by atoms with van der Waals surface area (Å²) in [6, 6.07) is 0. The van der Waals surface area contributed by atoms with E-state index in [0.29, 0.717) is 6.42 Å². The lowest BCUT2D eigenvalue weighted by atomic mass is 10.1. The van der Waals surface area contributed by atoms with Gasteiger partial charge in [-0.25, -0.2) is 0 Å². The van der Waals surface area contributed by atoms with Crippen molar-refractivity contribution in [1.82, 2.24) is 0 Å². The summed E-state index contributed by atoms with van der Waals surface area (Å²) in [5, 5.41) is 8.51. The van der Waals surface area contributed by atoms with Crippen molar-refractivity contribution >= 4 is 5.97 Å². The Hall–Kier alpha value is -1.57. The first-order chi connectivity index (χ1) is 10.8. The molecular weight excluding hydrogens is 272 g/mol. The van der Waals surface area contributed by atoms with Gasteiger partial charge >= 0.3 is 5.97 Å². The molecule has 0 saturated heterocycles. The maximum absolute atomic E-state index is 10.3. The Labute approximate surface area is 136 Å². The van der Waals surface area contributed by atoms with Crippen LogP contribution < -0.4 is 0 Å². The molecule has 0 spiro atoms. The molecule has 0 radical (unpaired) electrons. The molecule has 0 aliphatic heterocycles. The van der Waals surface area contributed by atoms with Gasteiger partial charge < -0.3 is 5.11 Å². The number of aliphatic carboxylic acids is 1. The molecule has 124 valence electrons. The second-order valence-corrected chi connectivity index (χ2v) is 5.35. The number of hydrogen-bond donors (Lipinski definition) is 1. The minimum absolute atomic E-state index is 0.309. The highest BCUT2D eigenvalue weighted by Crippen LogP contribution is 2.06. The first-order valence-corrected chi connectivity index (χ1v) is 8.59. The van der Waals surface area contributed by atoms with Crippen LogP contribution in [0.25, 0.3) is 0 Å². The molecule has 0 fully saturated rings. The average Bonchev–Trinajstić information content (AvgIpc) is 2.50. The second kappa shape index (κ2) is 17.5. The van der Waals surface area contributed by atoms with Gasteiger partial charge in [-0.05, 0) is 44.9 Å². The van der Waals surface area contributed by atoms with Crippen molar-refractivity contribution in [2.45, 2.75) is 71.1 Å². The number of carbonyl (C=O) groups is 1. The fourth-order valence-electron chi connectivity index (χ4n) is 1.99. The molecule has 0 rings (SSSR count). The van der Waals surface area contributed by atoms with Gasteiger partial charge in [0.2, 0.25) is 0 Å². The Morgan fingerprint density at radius 1 is 0.727 bits per heavy atom. The number of carboxylic acid groups (broad SMARTS) is 1. The molecule has 2 nitrogen and oxygen atoms in total. The van der Waals surface area contributed by atoms with Crippen molar-refractivity contribution in [3.8, 4) is 0 Å². The van der Waals surface area contributed by atoms with Crippen LogP contribution in [-0.2, 0) is 4.79 Å². The summed E-state index contributed by atoms with van der Waals surface area (Å²) in [6.45, 7) is 2.15. The van der Waals surface area contributed by atoms with Gasteiger partial charge in [-0.15, -0.1) is 0 Å². The maximum atomic E-state index is 10.3. The SMILES string of the molecule is CCC=CCC=CC/C=C\C/C=C/CCCCCCC(=O)O. The Balaban J connectivity index is 3.34. The highest BCUT2D eigenvalue weighted by molar-refractivity contribution is 5.66. The summed E-state index contributed by atoms with van der Waals surface area (Å²) in [5.41, 5.74) is 0. The van der Waals surface area contributed by atoms with Crippen molar-refractivity contribution in [2.75, 3.05) is 0 Å². The minimum atomic E-state index is -0.682. The summed E-state index contributed by atoms with van der Waals surface area (Å²) in [5.74, 6) is -0.682. The van der Waals surface area contributed by atoms with Gasteiger partial charge in [-0.1, -0.05) is 68.4 Å². The molecule has 0 aromatic heterocycles. The van der Waals surface area contributed by atoms with Crippen LogP contribution in [0.3, 0.4) is 0 Å². The van der Waals surface area contributed by atoms with Crippen molar-refractivity contribution in [3.63, 3.8) is 0 Å². The van der Waals surface area contributed by atoms with E-state index in [9.17, 15) is 4.79 Å². The van der Waals surface area contributed by atoms with Crippen LogP contribution >= 0.6 is 0 Å². The lowest BCUT2D eigenvalue weighted by Crippen LogP contribution is -1.93. The lowest BCUT2D eigenvalue weighted by molar-refractivity contribution is -0.137. The van der Waals surface area contributed by atoms with Crippen LogP contribution in [0, 0.1) is 0 Å². The van der Waals surface area contributed by atoms with Crippen LogP contribution in [0.5, 0.6) is 0 Å². The topological polar surface area (TPSA) is 37.3 Å². The zero-order chi connectivity index (χ0) is 16.3. The van der Waals surface area contributed by atoms with Crippen molar-refractivity contribution in [1.29, 1.82) is 0 Å². The van der Waals surface area contributed by atoms with Gasteiger partial charge in [0.1, 0.15) is 0 Å². The predicted octanol–water partition coefficient (Wildman–Crippen LogP) is 6.22. The smallest absolute Gasteiger partial charge is 0.303 e. The fourth-order valence-corrected chi connectivity index (χ4v) is 1.99. The monoisotopic (exact) mass is 304 g/mol. The van der Waals surface area contributed by atoms with E-state index in [1.54, 1.807) is 0 Å². The quantitative estimate of drug-likeness (QED) is 0.305. The fraction of sp³-hybridized carbons (Fsp3) is 0.550. The van der Waals surface area contributed by atoms with E-state index >= 15 is 0 Å². The van der Waals surface area contributed by atoms with E-state index < -0.39 is 5.97 Å². The van der Waals surface area contributed by atoms with Gasteiger partial charge in [0, 0.05) is 6.42 Å². The average molecular weight is 304 g/mol. The Bertz CT molecular complexity index is 362. The third-order valence-electron chi connectivity index (χ3n) is 3.23. The first kappa shape index (κ1) is 20.4. The lowest BCUT2D eigenvalue weighted by Gasteiger charge is -1.96. The van der Waals surface area contributed by atoms with Crippen LogP contribution in [-0.4, -0.2) is 11.1 Å². The molecule has 0 aliphatic rings. The molecule has 2 heteroatoms. The van der Waals surface area contributed by atoms with Gasteiger partial charge in [-0.2, -0.15) is 0 Å². The molecule has 0 heterocycles. The number of hydrogen-bond acceptors (Lipinski definition) is 1. The van der Waals surface area contributed by atoms with Crippen molar-refractivity contribution in [3.05, 3.63) is 48.6 Å². The number of unbranched alkanes of at least 4 members (excludes halogenated alkanes) is 4. The Morgan fingerprint density at radius 3 is 1.77 bits per heavy atom. The largest absolute Gasteiger partial charge is 0.481 e. The molecule has 22 heavy (non-hydrogen) atoms. The van der Waals surface area contributed by atoms with Gasteiger partial charge in [0.15, 0.2) is 0 Å². The summed E-state index contributed by atoms with van der Waals surface area (Å²) in [7, 11) is 0. The standard InChI is InChI=1S/C20H32O2/c1-2-3-4-5-6-7-8-9-10-11-12-13-14-15-16-17-18-19-20(21)22/h3-4,6-7,9-10,12-13H,2,5,8,11,14-19H2,1H3,(H,21,22)/b4-3?,7-6?,10-9-,13-12+. The summed E-state index contributed by atoms with van der Waals surface area (Å²) in [4.78, 5) is 10.3. The van der Waals surface area contributed by atoms with Crippen LogP contribution in [0.1, 0.15) is 71.1 Å². The van der Waals surface area contributed by atoms with Crippen molar-refractivity contribution < 1.29 is 9.90 Å². The van der Waals surface area contributed by atoms with E-state index in [1.807, 2.05) is 0 Å². The highest BCUT2D eigenvalue weighted by Gasteiger charge is 1.95. The van der Waals surface area contributed by atoms with Gasteiger partial charge in [0.25, 0.3) is 0 Å². The third-order valence-corrected chi connectivity index (χ3v) is 3.23. The summed E-state index contributed by atoms with van der Waals surface area (Å²) < 4.78 is 0. The van der Waals surface area contributed by atoms with Crippen molar-refractivity contribution in [2.24, 2.45) is 0 Å². The second-order valence-electron chi connectivity index (χ2n) is 5.35. The molecule has 0 atom stereocenters. The summed E-state index contributed by atoms with van der Waals surface area (Å²) >= 11 is 0. The van der Waals surface area contributed by atoms with Gasteiger partial charge in [0.05, 0.1) is 0 Å². The van der Waals surface area contributed by atoms with E-state index in [2.05, 4.69) is 55.5 Å². The molecule has 0 bridgehead atoms. The zero-order valence-electron chi connectivity index (χ0n) is 14.0. The summed E-state index contributed by atoms with van der Waals surface area (Å²) in [6.07, 6.45) is 27.4. The molecular formula is C20H32O2. The maximum Gasteiger partial charge on any atom is 0.303 e. The predicted molar refractivity (Wildman–Crippen MR) is 96.0 cm³/mol. The zero-order valence-corrected chi connectivity index (χ0v) is 14.0. The molecule has 0 aliphatic carbocycles. The third kappa shape index (κ3) is 18.4. The molecule has 0 aromatic rings. The molecule has 0 saturated carbocycles. The number of rotatable bonds is 14. The van der Waals surface area contributed by atoms with E-state index in [1.165, 1.54) is 0 Å².